The summed E-state index contributed by atoms with van der Waals surface area (Å²) < 4.78 is 39.8. The quantitative estimate of drug-likeness (QED) is 0.0790. The molecule has 0 spiro atoms. The summed E-state index contributed by atoms with van der Waals surface area (Å²) in [7, 11) is 0. The zero-order valence-electron chi connectivity index (χ0n) is 31.3. The highest BCUT2D eigenvalue weighted by molar-refractivity contribution is 5.81. The number of amides is 2. The topological polar surface area (TPSA) is 363 Å². The van der Waals surface area contributed by atoms with Gasteiger partial charge >= 0.3 is 11.6 Å². The molecular formula is C35H48N2O21. The van der Waals surface area contributed by atoms with Gasteiger partial charge in [-0.2, -0.15) is 0 Å². The maximum Gasteiger partial charge on any atom is 0.364 e. The molecule has 2 amide bonds. The molecule has 1 aromatic heterocycles. The number of carboxylic acid groups (broad SMARTS) is 1. The van der Waals surface area contributed by atoms with Crippen molar-refractivity contribution >= 4 is 28.8 Å². The number of rotatable bonds is 14. The van der Waals surface area contributed by atoms with Crippen LogP contribution in [-0.4, -0.2) is 186 Å². The minimum atomic E-state index is -3.07. The van der Waals surface area contributed by atoms with E-state index in [1.54, 1.807) is 13.0 Å². The van der Waals surface area contributed by atoms with Crippen molar-refractivity contribution in [2.24, 2.45) is 0 Å². The van der Waals surface area contributed by atoms with E-state index in [2.05, 4.69) is 10.6 Å². The van der Waals surface area contributed by atoms with E-state index in [1.165, 1.54) is 18.2 Å². The Kier molecular flexibility index (Phi) is 14.5. The molecule has 324 valence electrons. The lowest BCUT2D eigenvalue weighted by molar-refractivity contribution is -0.381. The van der Waals surface area contributed by atoms with Gasteiger partial charge in [-0.3, -0.25) is 9.59 Å². The number of aryl methyl sites for hydroxylation is 1. The Hall–Kier alpha value is -3.92. The average Bonchev–Trinajstić information content (AvgIpc) is 3.16. The van der Waals surface area contributed by atoms with E-state index in [9.17, 15) is 70.2 Å². The summed E-state index contributed by atoms with van der Waals surface area (Å²) in [5.74, 6) is -6.45. The van der Waals surface area contributed by atoms with Crippen molar-refractivity contribution in [3.8, 4) is 5.75 Å². The van der Waals surface area contributed by atoms with Crippen LogP contribution in [0, 0.1) is 6.92 Å². The van der Waals surface area contributed by atoms with Crippen molar-refractivity contribution in [3.63, 3.8) is 0 Å². The molecule has 3 aliphatic heterocycles. The average molecular weight is 833 g/mol. The highest BCUT2D eigenvalue weighted by atomic mass is 16.8. The zero-order chi connectivity index (χ0) is 42.8. The lowest BCUT2D eigenvalue weighted by atomic mass is 9.88. The van der Waals surface area contributed by atoms with Crippen LogP contribution in [0.4, 0.5) is 0 Å². The number of aliphatic carboxylic acids is 1. The predicted octanol–water partition coefficient (Wildman–Crippen LogP) is -5.58. The largest absolute Gasteiger partial charge is 0.477 e. The van der Waals surface area contributed by atoms with Crippen LogP contribution in [0.15, 0.2) is 33.5 Å². The Morgan fingerprint density at radius 3 is 2.12 bits per heavy atom. The van der Waals surface area contributed by atoms with E-state index >= 15 is 0 Å². The molecule has 58 heavy (non-hydrogen) atoms. The molecule has 16 atom stereocenters. The second-order valence-corrected chi connectivity index (χ2v) is 14.2. The van der Waals surface area contributed by atoms with Gasteiger partial charge in [-0.25, -0.2) is 9.59 Å². The first-order valence-corrected chi connectivity index (χ1v) is 18.1. The minimum absolute atomic E-state index is 0.0575. The summed E-state index contributed by atoms with van der Waals surface area (Å²) in [5.41, 5.74) is 0.139. The lowest BCUT2D eigenvalue weighted by Gasteiger charge is -2.50. The summed E-state index contributed by atoms with van der Waals surface area (Å²) in [6, 6.07) is 2.70. The predicted molar refractivity (Wildman–Crippen MR) is 187 cm³/mol. The molecule has 3 fully saturated rings. The van der Waals surface area contributed by atoms with Gasteiger partial charge in [0.2, 0.25) is 18.1 Å². The Bertz CT molecular complexity index is 1830. The van der Waals surface area contributed by atoms with Gasteiger partial charge in [-0.1, -0.05) is 0 Å². The smallest absolute Gasteiger partial charge is 0.364 e. The number of hydrogen-bond acceptors (Lipinski definition) is 20. The van der Waals surface area contributed by atoms with Gasteiger partial charge in [0.25, 0.3) is 5.79 Å². The van der Waals surface area contributed by atoms with Crippen LogP contribution in [0.25, 0.3) is 11.0 Å². The molecule has 3 saturated heterocycles. The molecule has 12 N–H and O–H groups in total. The van der Waals surface area contributed by atoms with Gasteiger partial charge in [-0.05, 0) is 24.6 Å². The molecule has 1 aromatic carbocycles. The molecule has 0 aliphatic carbocycles. The second-order valence-electron chi connectivity index (χ2n) is 14.2. The zero-order valence-corrected chi connectivity index (χ0v) is 31.3. The first-order chi connectivity index (χ1) is 27.3. The third kappa shape index (κ3) is 9.42. The maximum absolute atomic E-state index is 12.8. The van der Waals surface area contributed by atoms with Crippen molar-refractivity contribution in [2.45, 2.75) is 125 Å². The Labute approximate surface area is 328 Å². The first kappa shape index (κ1) is 45.2. The number of carbonyl (C=O) groups is 3. The molecule has 0 radical (unpaired) electrons. The van der Waals surface area contributed by atoms with E-state index in [1.807, 2.05) is 0 Å². The van der Waals surface area contributed by atoms with Gasteiger partial charge in [0.15, 0.2) is 6.29 Å². The SMILES string of the molecule is CC(=O)NC1C(O)[C@H](O[C@@H]2OC(CO)[C@H](O)C(O[C@]3(C(=O)O)CC(O)[C@@H](NC(C)=O)C([C@H](O)[C@H](O)CO)O3)C2O)C(CO)O[C@H]1Oc1ccc2c(C)cc(=O)oc2c1. The van der Waals surface area contributed by atoms with E-state index in [4.69, 9.17) is 32.8 Å². The van der Waals surface area contributed by atoms with Gasteiger partial charge < -0.3 is 94.5 Å². The van der Waals surface area contributed by atoms with Gasteiger partial charge in [-0.15, -0.1) is 0 Å². The fourth-order valence-electron chi connectivity index (χ4n) is 7.16. The number of benzene rings is 1. The molecular weight excluding hydrogens is 784 g/mol. The summed E-state index contributed by atoms with van der Waals surface area (Å²) in [5, 5.41) is 112. The van der Waals surface area contributed by atoms with E-state index in [0.717, 1.165) is 13.8 Å². The third-order valence-corrected chi connectivity index (χ3v) is 10.0. The van der Waals surface area contributed by atoms with Crippen molar-refractivity contribution in [2.75, 3.05) is 19.8 Å². The van der Waals surface area contributed by atoms with Gasteiger partial charge in [0.1, 0.15) is 78.4 Å². The standard InChI is InChI=1S/C35H48N2O21/c1-12-6-22(45)53-19-7-15(4-5-16(12)19)52-32-24(37-14(3)42)27(48)29(21(11-40)55-32)56-33-28(49)31(26(47)20(10-39)54-33)58-35(34(50)51)8-17(43)23(36-13(2)41)30(57-35)25(46)18(44)9-38/h4-7,17-18,20-21,23-33,38-40,43-44,46-49H,8-11H2,1-3H3,(H,36,41)(H,37,42)(H,50,51)/t17?,18-,20?,21?,23-,24?,25-,26+,27?,28?,29-,30?,31?,32-,33+,35+/m1/s1. The minimum Gasteiger partial charge on any atom is -0.477 e. The van der Waals surface area contributed by atoms with E-state index in [0.29, 0.717) is 10.9 Å². The van der Waals surface area contributed by atoms with Crippen LogP contribution in [0.5, 0.6) is 5.75 Å². The number of aliphatic hydroxyl groups excluding tert-OH is 9. The number of nitrogens with one attached hydrogen (secondary N) is 2. The van der Waals surface area contributed by atoms with Crippen LogP contribution >= 0.6 is 0 Å². The van der Waals surface area contributed by atoms with Crippen LogP contribution in [0.1, 0.15) is 25.8 Å². The number of carboxylic acids is 1. The molecule has 3 aliphatic rings. The summed E-state index contributed by atoms with van der Waals surface area (Å²) in [6.45, 7) is 0.885. The molecule has 8 unspecified atom stereocenters. The molecule has 23 nitrogen and oxygen atoms in total. The molecule has 5 rings (SSSR count). The lowest BCUT2D eigenvalue weighted by Crippen LogP contribution is -2.71. The van der Waals surface area contributed by atoms with Crippen LogP contribution < -0.4 is 21.0 Å². The van der Waals surface area contributed by atoms with Crippen molar-refractivity contribution in [1.82, 2.24) is 10.6 Å². The monoisotopic (exact) mass is 832 g/mol. The van der Waals surface area contributed by atoms with Gasteiger partial charge in [0, 0.05) is 37.8 Å². The van der Waals surface area contributed by atoms with E-state index < -0.39 is 147 Å². The third-order valence-electron chi connectivity index (χ3n) is 10.0. The van der Waals surface area contributed by atoms with E-state index in [-0.39, 0.29) is 11.3 Å². The maximum atomic E-state index is 12.8. The van der Waals surface area contributed by atoms with Gasteiger partial charge in [0.05, 0.1) is 32.0 Å². The fraction of sp³-hybridized carbons (Fsp3) is 0.657. The summed E-state index contributed by atoms with van der Waals surface area (Å²) >= 11 is 0. The summed E-state index contributed by atoms with van der Waals surface area (Å²) in [6.07, 6.45) is -25.9. The van der Waals surface area contributed by atoms with Crippen molar-refractivity contribution in [1.29, 1.82) is 0 Å². The number of ether oxygens (including phenoxy) is 6. The number of aliphatic hydroxyl groups is 9. The fourth-order valence-corrected chi connectivity index (χ4v) is 7.16. The first-order valence-electron chi connectivity index (χ1n) is 18.1. The molecule has 2 aromatic rings. The van der Waals surface area contributed by atoms with Crippen molar-refractivity contribution in [3.05, 3.63) is 40.2 Å². The molecule has 0 saturated carbocycles. The second kappa shape index (κ2) is 18.6. The molecule has 4 heterocycles. The number of carbonyl (C=O) groups excluding carboxylic acids is 2. The number of fused-ring (bicyclic) bond motifs is 1. The summed E-state index contributed by atoms with van der Waals surface area (Å²) in [4.78, 5) is 49.0. The van der Waals surface area contributed by atoms with Crippen LogP contribution in [0.2, 0.25) is 0 Å². The Balaban J connectivity index is 1.42. The van der Waals surface area contributed by atoms with Crippen molar-refractivity contribution < 1.29 is 98.3 Å². The Morgan fingerprint density at radius 2 is 1.52 bits per heavy atom. The Morgan fingerprint density at radius 1 is 0.879 bits per heavy atom. The molecule has 0 bridgehead atoms. The number of hydrogen-bond donors (Lipinski definition) is 12. The highest BCUT2D eigenvalue weighted by Gasteiger charge is 2.60. The molecule has 23 heteroatoms. The highest BCUT2D eigenvalue weighted by Crippen LogP contribution is 2.38. The normalized spacial score (nSPS) is 36.4. The van der Waals surface area contributed by atoms with Crippen LogP contribution in [0.3, 0.4) is 0 Å². The van der Waals surface area contributed by atoms with Crippen LogP contribution in [-0.2, 0) is 38.1 Å².